The Morgan fingerprint density at radius 2 is 1.68 bits per heavy atom. The largest absolute Gasteiger partial charge is 0.378 e. The van der Waals surface area contributed by atoms with Crippen molar-refractivity contribution in [3.63, 3.8) is 0 Å². The molecule has 0 atom stereocenters. The number of imidazole rings is 2. The molecule has 1 aromatic carbocycles. The molecule has 200 valence electrons. The van der Waals surface area contributed by atoms with E-state index in [2.05, 4.69) is 43.9 Å². The topological polar surface area (TPSA) is 97.4 Å². The van der Waals surface area contributed by atoms with Gasteiger partial charge in [-0.05, 0) is 12.1 Å². The highest BCUT2D eigenvalue weighted by Crippen LogP contribution is 2.28. The molecule has 2 aliphatic heterocycles. The van der Waals surface area contributed by atoms with Gasteiger partial charge in [0, 0.05) is 65.7 Å². The van der Waals surface area contributed by atoms with Crippen molar-refractivity contribution < 1.29 is 9.53 Å². The van der Waals surface area contributed by atoms with Gasteiger partial charge in [0.05, 0.1) is 30.8 Å². The minimum atomic E-state index is 0.599. The maximum Gasteiger partial charge on any atom is 0.239 e. The van der Waals surface area contributed by atoms with Crippen molar-refractivity contribution in [1.82, 2.24) is 38.9 Å². The number of ether oxygens (including phenoxy) is 1. The summed E-state index contributed by atoms with van der Waals surface area (Å²) in [6.07, 6.45) is 2.38. The van der Waals surface area contributed by atoms with Gasteiger partial charge in [-0.25, -0.2) is 9.97 Å². The number of carbonyl (C=O) groups is 1. The standard InChI is InChI=1S/C27H35N9O2/c1-3-22-28-20-7-4-5-8-21(20)36(22)27-30-25-24(26(31-27)35-14-17-38-18-15-35)29-23(32(25)2)19-34-12-10-33(11-13-34)9-6-16-37/h4-5,7-8,16H,3,6,9-15,17-19H2,1-2H3. The zero-order chi connectivity index (χ0) is 26.1. The monoisotopic (exact) mass is 517 g/mol. The van der Waals surface area contributed by atoms with E-state index < -0.39 is 0 Å². The van der Waals surface area contributed by atoms with Crippen LogP contribution in [0.25, 0.3) is 28.1 Å². The molecule has 38 heavy (non-hydrogen) atoms. The normalized spacial score (nSPS) is 17.6. The van der Waals surface area contributed by atoms with Crippen LogP contribution in [-0.4, -0.2) is 104 Å². The molecule has 6 rings (SSSR count). The van der Waals surface area contributed by atoms with Crippen LogP contribution in [0.5, 0.6) is 0 Å². The average molecular weight is 518 g/mol. The zero-order valence-electron chi connectivity index (χ0n) is 22.2. The Morgan fingerprint density at radius 1 is 0.921 bits per heavy atom. The first-order chi connectivity index (χ1) is 18.7. The van der Waals surface area contributed by atoms with Crippen molar-refractivity contribution >= 4 is 34.3 Å². The van der Waals surface area contributed by atoms with E-state index in [1.165, 1.54) is 0 Å². The van der Waals surface area contributed by atoms with Crippen molar-refractivity contribution in [3.05, 3.63) is 35.9 Å². The summed E-state index contributed by atoms with van der Waals surface area (Å²) in [5.41, 5.74) is 3.61. The second-order valence-corrected chi connectivity index (χ2v) is 9.98. The molecular formula is C27H35N9O2. The van der Waals surface area contributed by atoms with Gasteiger partial charge in [0.15, 0.2) is 17.0 Å². The Bertz CT molecular complexity index is 1430. The van der Waals surface area contributed by atoms with E-state index in [0.717, 1.165) is 105 Å². The van der Waals surface area contributed by atoms with Gasteiger partial charge in [-0.3, -0.25) is 9.47 Å². The molecule has 0 N–H and O–H groups in total. The molecule has 0 unspecified atom stereocenters. The molecule has 11 nitrogen and oxygen atoms in total. The van der Waals surface area contributed by atoms with Gasteiger partial charge in [-0.1, -0.05) is 19.1 Å². The fraction of sp³-hybridized carbons (Fsp3) is 0.519. The minimum Gasteiger partial charge on any atom is -0.378 e. The van der Waals surface area contributed by atoms with Crippen molar-refractivity contribution in [3.8, 4) is 5.95 Å². The van der Waals surface area contributed by atoms with Crippen molar-refractivity contribution in [1.29, 1.82) is 0 Å². The van der Waals surface area contributed by atoms with E-state index in [9.17, 15) is 4.79 Å². The minimum absolute atomic E-state index is 0.599. The maximum atomic E-state index is 10.7. The van der Waals surface area contributed by atoms with Crippen molar-refractivity contribution in [2.24, 2.45) is 7.05 Å². The maximum absolute atomic E-state index is 10.7. The predicted molar refractivity (Wildman–Crippen MR) is 146 cm³/mol. The number of para-hydroxylation sites is 2. The van der Waals surface area contributed by atoms with Crippen LogP contribution in [0.2, 0.25) is 0 Å². The summed E-state index contributed by atoms with van der Waals surface area (Å²) in [5, 5.41) is 0. The molecule has 3 aromatic heterocycles. The highest BCUT2D eigenvalue weighted by molar-refractivity contribution is 5.86. The number of anilines is 1. The van der Waals surface area contributed by atoms with Gasteiger partial charge in [0.25, 0.3) is 0 Å². The van der Waals surface area contributed by atoms with Crippen LogP contribution in [0.1, 0.15) is 25.0 Å². The molecular weight excluding hydrogens is 482 g/mol. The van der Waals surface area contributed by atoms with Crippen LogP contribution in [0.3, 0.4) is 0 Å². The Kier molecular flexibility index (Phi) is 7.05. The van der Waals surface area contributed by atoms with Crippen LogP contribution < -0.4 is 4.90 Å². The fourth-order valence-corrected chi connectivity index (χ4v) is 5.46. The van der Waals surface area contributed by atoms with Crippen LogP contribution in [0, 0.1) is 0 Å². The number of aromatic nitrogens is 6. The summed E-state index contributed by atoms with van der Waals surface area (Å²) in [6, 6.07) is 8.15. The predicted octanol–water partition coefficient (Wildman–Crippen LogP) is 1.81. The number of carbonyl (C=O) groups excluding carboxylic acids is 1. The second-order valence-electron chi connectivity index (χ2n) is 9.98. The quantitative estimate of drug-likeness (QED) is 0.324. The van der Waals surface area contributed by atoms with Crippen LogP contribution >= 0.6 is 0 Å². The lowest BCUT2D eigenvalue weighted by Crippen LogP contribution is -2.46. The molecule has 0 amide bonds. The first kappa shape index (κ1) is 24.9. The Balaban J connectivity index is 1.39. The lowest BCUT2D eigenvalue weighted by molar-refractivity contribution is -0.108. The first-order valence-corrected chi connectivity index (χ1v) is 13.6. The van der Waals surface area contributed by atoms with Crippen molar-refractivity contribution in [2.75, 3.05) is 63.9 Å². The average Bonchev–Trinajstić information content (AvgIpc) is 3.50. The summed E-state index contributed by atoms with van der Waals surface area (Å²) in [6.45, 7) is 10.4. The fourth-order valence-electron chi connectivity index (χ4n) is 5.46. The van der Waals surface area contributed by atoms with E-state index in [-0.39, 0.29) is 0 Å². The number of hydrogen-bond acceptors (Lipinski definition) is 9. The summed E-state index contributed by atoms with van der Waals surface area (Å²) in [7, 11) is 2.05. The molecule has 0 spiro atoms. The lowest BCUT2D eigenvalue weighted by Gasteiger charge is -2.34. The number of rotatable bonds is 8. The number of morpholine rings is 1. The number of hydrogen-bond donors (Lipinski definition) is 0. The van der Waals surface area contributed by atoms with Gasteiger partial charge in [-0.15, -0.1) is 0 Å². The van der Waals surface area contributed by atoms with Gasteiger partial charge < -0.3 is 23.9 Å². The molecule has 2 saturated heterocycles. The first-order valence-electron chi connectivity index (χ1n) is 13.6. The van der Waals surface area contributed by atoms with Crippen LogP contribution in [-0.2, 0) is 29.5 Å². The highest BCUT2D eigenvalue weighted by Gasteiger charge is 2.25. The van der Waals surface area contributed by atoms with E-state index in [0.29, 0.717) is 25.6 Å². The summed E-state index contributed by atoms with van der Waals surface area (Å²) in [4.78, 5) is 38.0. The molecule has 4 aromatic rings. The summed E-state index contributed by atoms with van der Waals surface area (Å²) in [5.74, 6) is 3.40. The molecule has 0 saturated carbocycles. The van der Waals surface area contributed by atoms with E-state index in [1.54, 1.807) is 0 Å². The smallest absolute Gasteiger partial charge is 0.239 e. The summed E-state index contributed by atoms with van der Waals surface area (Å²) >= 11 is 0. The molecule has 2 aliphatic rings. The number of aldehydes is 1. The second kappa shape index (κ2) is 10.8. The molecule has 5 heterocycles. The van der Waals surface area contributed by atoms with Crippen LogP contribution in [0.15, 0.2) is 24.3 Å². The number of aryl methyl sites for hydroxylation is 2. The highest BCUT2D eigenvalue weighted by atomic mass is 16.5. The Labute approximate surface area is 222 Å². The Morgan fingerprint density at radius 3 is 2.45 bits per heavy atom. The third kappa shape index (κ3) is 4.65. The van der Waals surface area contributed by atoms with Gasteiger partial charge in [-0.2, -0.15) is 9.97 Å². The number of piperazine rings is 1. The van der Waals surface area contributed by atoms with Gasteiger partial charge in [0.1, 0.15) is 17.9 Å². The molecule has 0 bridgehead atoms. The van der Waals surface area contributed by atoms with Gasteiger partial charge >= 0.3 is 0 Å². The molecule has 2 fully saturated rings. The SMILES string of the molecule is CCc1nc2ccccc2n1-c1nc(N2CCOCC2)c2nc(CN3CCN(CCC=O)CC3)n(C)c2n1. The lowest BCUT2D eigenvalue weighted by atomic mass is 10.3. The van der Waals surface area contributed by atoms with Crippen LogP contribution in [0.4, 0.5) is 5.82 Å². The van der Waals surface area contributed by atoms with E-state index in [1.807, 2.05) is 18.2 Å². The third-order valence-electron chi connectivity index (χ3n) is 7.63. The van der Waals surface area contributed by atoms with Crippen molar-refractivity contribution in [2.45, 2.75) is 26.3 Å². The Hall–Kier alpha value is -3.41. The zero-order valence-corrected chi connectivity index (χ0v) is 22.2. The molecule has 11 heteroatoms. The third-order valence-corrected chi connectivity index (χ3v) is 7.63. The number of nitrogens with zero attached hydrogens (tertiary/aromatic N) is 9. The molecule has 0 radical (unpaired) electrons. The van der Waals surface area contributed by atoms with E-state index >= 15 is 0 Å². The number of fused-ring (bicyclic) bond motifs is 2. The summed E-state index contributed by atoms with van der Waals surface area (Å²) < 4.78 is 9.84. The molecule has 0 aliphatic carbocycles. The van der Waals surface area contributed by atoms with Gasteiger partial charge in [0.2, 0.25) is 5.95 Å². The van der Waals surface area contributed by atoms with E-state index in [4.69, 9.17) is 24.7 Å². The number of benzene rings is 1.